The number of carbonyl (C=O) groups is 1. The second-order valence-corrected chi connectivity index (χ2v) is 10.8. The molecule has 0 aliphatic carbocycles. The minimum absolute atomic E-state index is 0.115. The number of aromatic nitrogens is 1. The number of anilines is 1. The van der Waals surface area contributed by atoms with Crippen LogP contribution >= 0.6 is 11.3 Å². The van der Waals surface area contributed by atoms with Gasteiger partial charge in [0.15, 0.2) is 0 Å². The lowest BCUT2D eigenvalue weighted by Crippen LogP contribution is -2.30. The van der Waals surface area contributed by atoms with E-state index in [1.807, 2.05) is 0 Å². The third kappa shape index (κ3) is 6.81. The summed E-state index contributed by atoms with van der Waals surface area (Å²) in [5, 5.41) is 11.3. The average molecular weight is 529 g/mol. The standard InChI is InChI=1S/C32H36N2O3S/c1-5-24(6-2)25-11-13-29(14-12-25)34(22(3)4)19-23-7-9-26(10-8-23)28-16-31(38-21-28)20-37-30-15-27(32(35)36)17-33-18-30/h7-18,21-22,24H,5-6,19-20H2,1-4H3,(H,35,36). The van der Waals surface area contributed by atoms with Gasteiger partial charge in [-0.1, -0.05) is 50.2 Å². The van der Waals surface area contributed by atoms with Gasteiger partial charge in [0.1, 0.15) is 12.4 Å². The van der Waals surface area contributed by atoms with E-state index in [4.69, 9.17) is 9.84 Å². The van der Waals surface area contributed by atoms with Crippen molar-refractivity contribution in [2.75, 3.05) is 4.90 Å². The van der Waals surface area contributed by atoms with Gasteiger partial charge in [0.05, 0.1) is 11.8 Å². The van der Waals surface area contributed by atoms with E-state index in [0.717, 1.165) is 22.5 Å². The molecule has 2 aromatic heterocycles. The van der Waals surface area contributed by atoms with Crippen LogP contribution in [-0.2, 0) is 13.2 Å². The molecule has 0 amide bonds. The predicted octanol–water partition coefficient (Wildman–Crippen LogP) is 8.41. The monoisotopic (exact) mass is 528 g/mol. The SMILES string of the molecule is CCC(CC)c1ccc(N(Cc2ccc(-c3csc(COc4cncc(C(=O)O)c4)c3)cc2)C(C)C)cc1. The molecule has 0 spiro atoms. The number of hydrogen-bond donors (Lipinski definition) is 1. The molecule has 0 saturated heterocycles. The van der Waals surface area contributed by atoms with Crippen LogP contribution in [0.3, 0.4) is 0 Å². The van der Waals surface area contributed by atoms with Crippen molar-refractivity contribution in [3.05, 3.63) is 100 Å². The zero-order valence-corrected chi connectivity index (χ0v) is 23.4. The highest BCUT2D eigenvalue weighted by Gasteiger charge is 2.14. The minimum Gasteiger partial charge on any atom is -0.486 e. The number of carboxylic acid groups (broad SMARTS) is 1. The molecule has 0 unspecified atom stereocenters. The highest BCUT2D eigenvalue weighted by Crippen LogP contribution is 2.29. The van der Waals surface area contributed by atoms with E-state index in [0.29, 0.717) is 24.3 Å². The van der Waals surface area contributed by atoms with Gasteiger partial charge in [-0.3, -0.25) is 4.98 Å². The number of ether oxygens (including phenoxy) is 1. The van der Waals surface area contributed by atoms with E-state index in [-0.39, 0.29) is 5.56 Å². The molecule has 4 aromatic rings. The van der Waals surface area contributed by atoms with Crippen molar-refractivity contribution in [3.8, 4) is 16.9 Å². The van der Waals surface area contributed by atoms with Crippen LogP contribution in [0.4, 0.5) is 5.69 Å². The number of nitrogens with zero attached hydrogens (tertiary/aromatic N) is 2. The second-order valence-electron chi connectivity index (χ2n) is 9.83. The zero-order valence-electron chi connectivity index (χ0n) is 22.6. The van der Waals surface area contributed by atoms with Crippen molar-refractivity contribution < 1.29 is 14.6 Å². The van der Waals surface area contributed by atoms with Crippen molar-refractivity contribution in [3.63, 3.8) is 0 Å². The molecule has 4 rings (SSSR count). The number of rotatable bonds is 12. The predicted molar refractivity (Wildman–Crippen MR) is 156 cm³/mol. The fourth-order valence-corrected chi connectivity index (χ4v) is 5.45. The maximum atomic E-state index is 11.1. The number of aromatic carboxylic acids is 1. The molecule has 0 radical (unpaired) electrons. The topological polar surface area (TPSA) is 62.7 Å². The number of benzene rings is 2. The van der Waals surface area contributed by atoms with Crippen molar-refractivity contribution >= 4 is 23.0 Å². The zero-order chi connectivity index (χ0) is 27.1. The summed E-state index contributed by atoms with van der Waals surface area (Å²) in [6.07, 6.45) is 5.19. The first kappa shape index (κ1) is 27.4. The number of thiophene rings is 1. The third-order valence-electron chi connectivity index (χ3n) is 6.94. The van der Waals surface area contributed by atoms with Gasteiger partial charge in [-0.15, -0.1) is 11.3 Å². The summed E-state index contributed by atoms with van der Waals surface area (Å²) in [5.74, 6) is 0.0637. The molecule has 2 aromatic carbocycles. The molecular formula is C32H36N2O3S. The van der Waals surface area contributed by atoms with Crippen LogP contribution in [0.5, 0.6) is 5.75 Å². The van der Waals surface area contributed by atoms with Gasteiger partial charge in [-0.25, -0.2) is 4.79 Å². The highest BCUT2D eigenvalue weighted by molar-refractivity contribution is 7.10. The van der Waals surface area contributed by atoms with Gasteiger partial charge in [-0.2, -0.15) is 0 Å². The van der Waals surface area contributed by atoms with Crippen molar-refractivity contribution in [1.82, 2.24) is 4.98 Å². The van der Waals surface area contributed by atoms with E-state index in [2.05, 4.69) is 97.6 Å². The van der Waals surface area contributed by atoms with Gasteiger partial charge < -0.3 is 14.7 Å². The highest BCUT2D eigenvalue weighted by atomic mass is 32.1. The Balaban J connectivity index is 1.40. The third-order valence-corrected chi connectivity index (χ3v) is 7.85. The molecule has 0 bridgehead atoms. The van der Waals surface area contributed by atoms with E-state index >= 15 is 0 Å². The average Bonchev–Trinajstić information content (AvgIpc) is 3.41. The molecule has 1 N–H and O–H groups in total. The molecule has 0 aliphatic rings. The van der Waals surface area contributed by atoms with E-state index in [1.165, 1.54) is 48.1 Å². The Morgan fingerprint density at radius 1 is 0.974 bits per heavy atom. The summed E-state index contributed by atoms with van der Waals surface area (Å²) < 4.78 is 5.77. The van der Waals surface area contributed by atoms with Gasteiger partial charge in [0.2, 0.25) is 0 Å². The molecule has 6 heteroatoms. The molecule has 0 saturated carbocycles. The Morgan fingerprint density at radius 2 is 1.68 bits per heavy atom. The summed E-state index contributed by atoms with van der Waals surface area (Å²) in [6.45, 7) is 10.2. The Hall–Kier alpha value is -3.64. The number of pyridine rings is 1. The lowest BCUT2D eigenvalue weighted by atomic mass is 9.94. The van der Waals surface area contributed by atoms with E-state index < -0.39 is 5.97 Å². The maximum Gasteiger partial charge on any atom is 0.337 e. The normalized spacial score (nSPS) is 11.2. The van der Waals surface area contributed by atoms with Gasteiger partial charge in [-0.05, 0) is 84.5 Å². The molecule has 2 heterocycles. The summed E-state index contributed by atoms with van der Waals surface area (Å²) in [4.78, 5) is 18.6. The van der Waals surface area contributed by atoms with Crippen LogP contribution in [0, 0.1) is 0 Å². The molecular weight excluding hydrogens is 492 g/mol. The molecule has 0 atom stereocenters. The smallest absolute Gasteiger partial charge is 0.337 e. The molecule has 38 heavy (non-hydrogen) atoms. The largest absolute Gasteiger partial charge is 0.486 e. The van der Waals surface area contributed by atoms with Crippen LogP contribution in [0.15, 0.2) is 78.4 Å². The quantitative estimate of drug-likeness (QED) is 0.200. The number of hydrogen-bond acceptors (Lipinski definition) is 5. The second kappa shape index (κ2) is 12.7. The van der Waals surface area contributed by atoms with Crippen LogP contribution in [0.1, 0.15) is 72.8 Å². The Morgan fingerprint density at radius 3 is 2.32 bits per heavy atom. The van der Waals surface area contributed by atoms with E-state index in [1.54, 1.807) is 11.3 Å². The van der Waals surface area contributed by atoms with Crippen molar-refractivity contribution in [2.24, 2.45) is 0 Å². The van der Waals surface area contributed by atoms with Crippen molar-refractivity contribution in [1.29, 1.82) is 0 Å². The summed E-state index contributed by atoms with van der Waals surface area (Å²) in [7, 11) is 0. The fourth-order valence-electron chi connectivity index (χ4n) is 4.65. The first-order valence-corrected chi connectivity index (χ1v) is 14.1. The van der Waals surface area contributed by atoms with Crippen LogP contribution in [0.2, 0.25) is 0 Å². The Kier molecular flexibility index (Phi) is 9.19. The lowest BCUT2D eigenvalue weighted by Gasteiger charge is -2.30. The van der Waals surface area contributed by atoms with E-state index in [9.17, 15) is 4.79 Å². The molecule has 198 valence electrons. The maximum absolute atomic E-state index is 11.1. The lowest BCUT2D eigenvalue weighted by molar-refractivity contribution is 0.0696. The first-order valence-electron chi connectivity index (χ1n) is 13.2. The summed E-state index contributed by atoms with van der Waals surface area (Å²) in [5.41, 5.74) is 6.38. The number of carboxylic acids is 1. The fraction of sp³-hybridized carbons (Fsp3) is 0.312. The molecule has 0 aliphatic heterocycles. The van der Waals surface area contributed by atoms with Crippen LogP contribution < -0.4 is 9.64 Å². The first-order chi connectivity index (χ1) is 18.4. The van der Waals surface area contributed by atoms with Gasteiger partial charge in [0, 0.05) is 29.3 Å². The van der Waals surface area contributed by atoms with Gasteiger partial charge >= 0.3 is 5.97 Å². The summed E-state index contributed by atoms with van der Waals surface area (Å²) in [6, 6.07) is 21.9. The Bertz CT molecular complexity index is 1330. The summed E-state index contributed by atoms with van der Waals surface area (Å²) >= 11 is 1.63. The minimum atomic E-state index is -1.02. The molecule has 0 fully saturated rings. The Labute approximate surface area is 229 Å². The van der Waals surface area contributed by atoms with Crippen molar-refractivity contribution in [2.45, 2.75) is 65.6 Å². The molecule has 5 nitrogen and oxygen atoms in total. The van der Waals surface area contributed by atoms with Crippen LogP contribution in [0.25, 0.3) is 11.1 Å². The van der Waals surface area contributed by atoms with Gasteiger partial charge in [0.25, 0.3) is 0 Å². The van der Waals surface area contributed by atoms with Crippen LogP contribution in [-0.4, -0.2) is 22.1 Å².